The topological polar surface area (TPSA) is 61.6 Å². The van der Waals surface area contributed by atoms with Crippen molar-refractivity contribution in [3.05, 3.63) is 175 Å². The molecule has 0 amide bonds. The van der Waals surface area contributed by atoms with Crippen LogP contribution in [0.5, 0.6) is 5.75 Å². The standard InChI is InChI=1S/C41H37NO3P/c1-31(42)41(43)45-30-33-19-25-36(26-20-33)44-29-32-17-21-34(22-18-32)35-23-27-40(28-24-35)46(37-11-5-2-6-12-37,38-13-7-3-8-14-38)39-15-9-4-10-16-39/h2-28,31H,29-30,42H2,1H3/q+1. The van der Waals surface area contributed by atoms with E-state index in [1.165, 1.54) is 26.8 Å². The van der Waals surface area contributed by atoms with E-state index in [1.807, 2.05) is 24.3 Å². The quantitative estimate of drug-likeness (QED) is 0.126. The Morgan fingerprint density at radius 1 is 0.543 bits per heavy atom. The van der Waals surface area contributed by atoms with Crippen LogP contribution in [0.25, 0.3) is 11.1 Å². The molecule has 0 spiro atoms. The molecule has 0 aromatic heterocycles. The number of ether oxygens (including phenoxy) is 2. The smallest absolute Gasteiger partial charge is 0.322 e. The molecule has 0 saturated heterocycles. The van der Waals surface area contributed by atoms with Crippen LogP contribution in [0.2, 0.25) is 0 Å². The lowest BCUT2D eigenvalue weighted by atomic mass is 10.0. The molecular weight excluding hydrogens is 585 g/mol. The van der Waals surface area contributed by atoms with Crippen molar-refractivity contribution in [1.29, 1.82) is 0 Å². The van der Waals surface area contributed by atoms with Crippen molar-refractivity contribution < 1.29 is 14.3 Å². The highest BCUT2D eigenvalue weighted by atomic mass is 31.2. The molecule has 0 aliphatic carbocycles. The van der Waals surface area contributed by atoms with Crippen LogP contribution in [-0.4, -0.2) is 12.0 Å². The Morgan fingerprint density at radius 2 is 0.935 bits per heavy atom. The van der Waals surface area contributed by atoms with E-state index in [2.05, 4.69) is 140 Å². The lowest BCUT2D eigenvalue weighted by Crippen LogP contribution is -2.38. The summed E-state index contributed by atoms with van der Waals surface area (Å²) in [6, 6.07) is 57.4. The van der Waals surface area contributed by atoms with E-state index in [4.69, 9.17) is 15.2 Å². The molecule has 1 atom stereocenters. The number of esters is 1. The lowest BCUT2D eigenvalue weighted by Gasteiger charge is -2.27. The second kappa shape index (κ2) is 14.4. The maximum Gasteiger partial charge on any atom is 0.322 e. The Bertz CT molecular complexity index is 1740. The Kier molecular flexibility index (Phi) is 9.69. The predicted molar refractivity (Wildman–Crippen MR) is 191 cm³/mol. The first-order valence-electron chi connectivity index (χ1n) is 15.4. The fourth-order valence-corrected chi connectivity index (χ4v) is 9.90. The van der Waals surface area contributed by atoms with Crippen molar-refractivity contribution in [1.82, 2.24) is 0 Å². The van der Waals surface area contributed by atoms with Crippen molar-refractivity contribution in [3.8, 4) is 16.9 Å². The van der Waals surface area contributed by atoms with Gasteiger partial charge < -0.3 is 15.2 Å². The Labute approximate surface area is 271 Å². The van der Waals surface area contributed by atoms with Gasteiger partial charge in [-0.05, 0) is 89.8 Å². The molecule has 2 N–H and O–H groups in total. The van der Waals surface area contributed by atoms with Crippen molar-refractivity contribution in [2.24, 2.45) is 5.73 Å². The van der Waals surface area contributed by atoms with Crippen molar-refractivity contribution in [2.75, 3.05) is 0 Å². The van der Waals surface area contributed by atoms with E-state index in [0.717, 1.165) is 22.4 Å². The molecule has 6 aromatic carbocycles. The summed E-state index contributed by atoms with van der Waals surface area (Å²) < 4.78 is 11.2. The van der Waals surface area contributed by atoms with E-state index >= 15 is 0 Å². The second-order valence-corrected chi connectivity index (χ2v) is 14.7. The van der Waals surface area contributed by atoms with Gasteiger partial charge in [0, 0.05) is 0 Å². The molecule has 0 aliphatic heterocycles. The third-order valence-corrected chi connectivity index (χ3v) is 12.3. The average molecular weight is 623 g/mol. The van der Waals surface area contributed by atoms with E-state index in [1.54, 1.807) is 6.92 Å². The van der Waals surface area contributed by atoms with E-state index in [-0.39, 0.29) is 6.61 Å². The van der Waals surface area contributed by atoms with Gasteiger partial charge in [-0.1, -0.05) is 103 Å². The maximum absolute atomic E-state index is 11.6. The zero-order chi connectivity index (χ0) is 31.8. The molecule has 228 valence electrons. The molecule has 0 bridgehead atoms. The first kappa shape index (κ1) is 31.0. The van der Waals surface area contributed by atoms with Crippen LogP contribution in [0.15, 0.2) is 164 Å². The number of nitrogens with two attached hydrogens (primary N) is 1. The molecular formula is C41H37NO3P+. The van der Waals surface area contributed by atoms with Gasteiger partial charge in [-0.3, -0.25) is 4.79 Å². The molecule has 46 heavy (non-hydrogen) atoms. The van der Waals surface area contributed by atoms with Crippen molar-refractivity contribution in [2.45, 2.75) is 26.2 Å². The largest absolute Gasteiger partial charge is 0.489 e. The fraction of sp³-hybridized carbons (Fsp3) is 0.0976. The van der Waals surface area contributed by atoms with Crippen LogP contribution < -0.4 is 31.7 Å². The highest BCUT2D eigenvalue weighted by Crippen LogP contribution is 2.54. The summed E-state index contributed by atoms with van der Waals surface area (Å²) in [5.41, 5.74) is 9.84. The van der Waals surface area contributed by atoms with Gasteiger partial charge in [-0.2, -0.15) is 0 Å². The van der Waals surface area contributed by atoms with Crippen LogP contribution in [0.1, 0.15) is 18.1 Å². The summed E-state index contributed by atoms with van der Waals surface area (Å²) in [7, 11) is -2.12. The summed E-state index contributed by atoms with van der Waals surface area (Å²) in [4.78, 5) is 11.6. The van der Waals surface area contributed by atoms with Crippen LogP contribution >= 0.6 is 7.26 Å². The Hall–Kier alpha value is -5.02. The first-order chi connectivity index (χ1) is 22.5. The first-order valence-corrected chi connectivity index (χ1v) is 17.2. The molecule has 1 unspecified atom stereocenters. The zero-order valence-corrected chi connectivity index (χ0v) is 26.7. The zero-order valence-electron chi connectivity index (χ0n) is 25.8. The minimum atomic E-state index is -2.12. The van der Waals surface area contributed by atoms with Crippen LogP contribution in [0.3, 0.4) is 0 Å². The van der Waals surface area contributed by atoms with Gasteiger partial charge in [-0.25, -0.2) is 0 Å². The second-order valence-electron chi connectivity index (χ2n) is 11.3. The Morgan fingerprint density at radius 3 is 1.39 bits per heavy atom. The number of hydrogen-bond acceptors (Lipinski definition) is 4. The molecule has 0 aliphatic rings. The number of carbonyl (C=O) groups is 1. The molecule has 0 fully saturated rings. The summed E-state index contributed by atoms with van der Waals surface area (Å²) in [5.74, 6) is 0.338. The maximum atomic E-state index is 11.6. The molecule has 6 aromatic rings. The molecule has 0 saturated carbocycles. The minimum Gasteiger partial charge on any atom is -0.489 e. The predicted octanol–water partition coefficient (Wildman–Crippen LogP) is 6.94. The van der Waals surface area contributed by atoms with Gasteiger partial charge in [0.1, 0.15) is 53.5 Å². The third-order valence-electron chi connectivity index (χ3n) is 8.05. The van der Waals surface area contributed by atoms with Gasteiger partial charge in [0.15, 0.2) is 0 Å². The monoisotopic (exact) mass is 622 g/mol. The van der Waals surface area contributed by atoms with Crippen molar-refractivity contribution >= 4 is 34.4 Å². The van der Waals surface area contributed by atoms with Gasteiger partial charge >= 0.3 is 5.97 Å². The minimum absolute atomic E-state index is 0.191. The summed E-state index contributed by atoms with van der Waals surface area (Å²) in [5, 5.41) is 5.33. The number of benzene rings is 6. The van der Waals surface area contributed by atoms with Gasteiger partial charge in [0.05, 0.1) is 0 Å². The van der Waals surface area contributed by atoms with E-state index < -0.39 is 19.3 Å². The molecule has 0 radical (unpaired) electrons. The highest BCUT2D eigenvalue weighted by molar-refractivity contribution is 8.01. The van der Waals surface area contributed by atoms with Gasteiger partial charge in [-0.15, -0.1) is 0 Å². The fourth-order valence-electron chi connectivity index (χ4n) is 5.65. The van der Waals surface area contributed by atoms with Gasteiger partial charge in [0.25, 0.3) is 0 Å². The average Bonchev–Trinajstić information content (AvgIpc) is 3.12. The number of rotatable bonds is 11. The molecule has 5 heteroatoms. The number of hydrogen-bond donors (Lipinski definition) is 1. The normalized spacial score (nSPS) is 11.9. The summed E-state index contributed by atoms with van der Waals surface area (Å²) >= 11 is 0. The van der Waals surface area contributed by atoms with Crippen LogP contribution in [0, 0.1) is 0 Å². The molecule has 0 heterocycles. The van der Waals surface area contributed by atoms with Crippen LogP contribution in [-0.2, 0) is 22.7 Å². The van der Waals surface area contributed by atoms with E-state index in [9.17, 15) is 4.79 Å². The van der Waals surface area contributed by atoms with Crippen LogP contribution in [0.4, 0.5) is 0 Å². The Balaban J connectivity index is 1.20. The SMILES string of the molecule is CC(N)C(=O)OCc1ccc(OCc2ccc(-c3ccc([P+](c4ccccc4)(c4ccccc4)c4ccccc4)cc3)cc2)cc1. The summed E-state index contributed by atoms with van der Waals surface area (Å²) in [6.07, 6.45) is 0. The lowest BCUT2D eigenvalue weighted by molar-refractivity contribution is -0.146. The molecule has 4 nitrogen and oxygen atoms in total. The number of carbonyl (C=O) groups excluding carboxylic acids is 1. The highest BCUT2D eigenvalue weighted by Gasteiger charge is 2.47. The summed E-state index contributed by atoms with van der Waals surface area (Å²) in [6.45, 7) is 2.25. The van der Waals surface area contributed by atoms with Crippen molar-refractivity contribution in [3.63, 3.8) is 0 Å². The molecule has 6 rings (SSSR count). The third kappa shape index (κ3) is 6.79. The van der Waals surface area contributed by atoms with Gasteiger partial charge in [0.2, 0.25) is 0 Å². The van der Waals surface area contributed by atoms with E-state index in [0.29, 0.717) is 6.61 Å².